The third-order valence-electron chi connectivity index (χ3n) is 18.1. The third kappa shape index (κ3) is 44.9. The number of esters is 6. The smallest absolute Gasteiger partial charge is 0.312 e. The molecule has 0 bridgehead atoms. The summed E-state index contributed by atoms with van der Waals surface area (Å²) in [6.07, 6.45) is 14.5. The summed E-state index contributed by atoms with van der Waals surface area (Å²) >= 11 is 0. The van der Waals surface area contributed by atoms with Gasteiger partial charge in [-0.25, -0.2) is 0 Å². The van der Waals surface area contributed by atoms with Crippen LogP contribution in [0, 0.1) is 55.2 Å². The maximum absolute atomic E-state index is 12.1. The largest absolute Gasteiger partial charge is 0.460 e. The molecule has 0 aromatic heterocycles. The summed E-state index contributed by atoms with van der Waals surface area (Å²) in [7, 11) is 0. The van der Waals surface area contributed by atoms with Gasteiger partial charge in [-0.15, -0.1) is 0 Å². The molecule has 0 radical (unpaired) electrons. The fraction of sp³-hybridized carbons (Fsp3) is 0.875. The lowest BCUT2D eigenvalue weighted by Crippen LogP contribution is -2.44. The second kappa shape index (κ2) is 40.1. The summed E-state index contributed by atoms with van der Waals surface area (Å²) in [5, 5.41) is 0. The molecule has 0 spiro atoms. The van der Waals surface area contributed by atoms with Gasteiger partial charge in [0.2, 0.25) is 0 Å². The van der Waals surface area contributed by atoms with Crippen LogP contribution < -0.4 is 0 Å². The van der Waals surface area contributed by atoms with Crippen LogP contribution in [0.15, 0.2) is 24.3 Å². The minimum Gasteiger partial charge on any atom is -0.460 e. The molecule has 12 nitrogen and oxygen atoms in total. The van der Waals surface area contributed by atoms with Gasteiger partial charge in [-0.05, 0) is 274 Å². The van der Waals surface area contributed by atoms with Crippen molar-refractivity contribution in [2.24, 2.45) is 55.2 Å². The van der Waals surface area contributed by atoms with E-state index in [4.69, 9.17) is 28.4 Å². The molecule has 0 saturated carbocycles. The van der Waals surface area contributed by atoms with Crippen LogP contribution in [0.3, 0.4) is 0 Å². The molecule has 92 heavy (non-hydrogen) atoms. The normalized spacial score (nSPS) is 13.6. The van der Waals surface area contributed by atoms with Crippen LogP contribution >= 0.6 is 0 Å². The minimum atomic E-state index is -0.574. The molecule has 12 heteroatoms. The third-order valence-corrected chi connectivity index (χ3v) is 18.1. The van der Waals surface area contributed by atoms with Gasteiger partial charge >= 0.3 is 35.8 Å². The van der Waals surface area contributed by atoms with Gasteiger partial charge in [0.05, 0.1) is 32.5 Å². The van der Waals surface area contributed by atoms with Gasteiger partial charge < -0.3 is 28.4 Å². The molecule has 0 fully saturated rings. The van der Waals surface area contributed by atoms with E-state index in [2.05, 4.69) is 95.7 Å². The summed E-state index contributed by atoms with van der Waals surface area (Å²) < 4.78 is 33.3. The van der Waals surface area contributed by atoms with E-state index < -0.39 is 16.6 Å². The minimum absolute atomic E-state index is 0.0491. The highest BCUT2D eigenvalue weighted by Gasteiger charge is 2.41. The molecule has 0 aliphatic carbocycles. The molecule has 1 unspecified atom stereocenters. The fourth-order valence-corrected chi connectivity index (χ4v) is 6.57. The van der Waals surface area contributed by atoms with Crippen LogP contribution in [0.25, 0.3) is 0 Å². The molecule has 1 atom stereocenters. The van der Waals surface area contributed by atoms with Crippen molar-refractivity contribution >= 4 is 35.8 Å². The van der Waals surface area contributed by atoms with E-state index >= 15 is 0 Å². The molecule has 0 heterocycles. The lowest BCUT2D eigenvalue weighted by molar-refractivity contribution is -0.178. The monoisotopic (exact) mass is 1310 g/mol. The van der Waals surface area contributed by atoms with Crippen LogP contribution in [-0.2, 0) is 57.2 Å². The first-order chi connectivity index (χ1) is 40.4. The molecule has 0 amide bonds. The Balaban J connectivity index is -0.000000242. The molecule has 0 saturated heterocycles. The Morgan fingerprint density at radius 2 is 0.685 bits per heavy atom. The van der Waals surface area contributed by atoms with Crippen LogP contribution in [0.5, 0.6) is 0 Å². The maximum atomic E-state index is 12.1. The summed E-state index contributed by atoms with van der Waals surface area (Å²) in [6, 6.07) is 0. The van der Waals surface area contributed by atoms with E-state index in [1.54, 1.807) is 6.08 Å². The first-order valence-corrected chi connectivity index (χ1v) is 35.1. The lowest BCUT2D eigenvalue weighted by atomic mass is 9.78. The summed E-state index contributed by atoms with van der Waals surface area (Å²) in [4.78, 5) is 71.3. The van der Waals surface area contributed by atoms with Crippen molar-refractivity contribution in [2.75, 3.05) is 0 Å². The van der Waals surface area contributed by atoms with Gasteiger partial charge in [0.25, 0.3) is 0 Å². The van der Waals surface area contributed by atoms with Gasteiger partial charge in [0, 0.05) is 5.41 Å². The molecule has 0 aromatic rings. The number of hydrogen-bond donors (Lipinski definition) is 0. The summed E-state index contributed by atoms with van der Waals surface area (Å²) in [5.74, 6) is 0.414. The zero-order chi connectivity index (χ0) is 75.3. The zero-order valence-electron chi connectivity index (χ0n) is 68.9. The highest BCUT2D eigenvalue weighted by Crippen LogP contribution is 2.37. The first-order valence-electron chi connectivity index (χ1n) is 35.1. The Morgan fingerprint density at radius 1 is 0.391 bits per heavy atom. The van der Waals surface area contributed by atoms with Gasteiger partial charge in [-0.2, -0.15) is 0 Å². The van der Waals surface area contributed by atoms with E-state index in [0.717, 1.165) is 70.6 Å². The quantitative estimate of drug-likeness (QED) is 0.0436. The molecule has 0 aromatic carbocycles. The van der Waals surface area contributed by atoms with Crippen LogP contribution in [-0.4, -0.2) is 69.4 Å². The predicted octanol–water partition coefficient (Wildman–Crippen LogP) is 23.4. The number of ether oxygens (including phenoxy) is 6. The molecule has 0 aliphatic heterocycles. The molecule has 548 valence electrons. The highest BCUT2D eigenvalue weighted by molar-refractivity contribution is 5.78. The van der Waals surface area contributed by atoms with E-state index in [-0.39, 0.29) is 96.1 Å². The van der Waals surface area contributed by atoms with Crippen molar-refractivity contribution in [3.63, 3.8) is 0 Å². The van der Waals surface area contributed by atoms with Crippen LogP contribution in [0.1, 0.15) is 368 Å². The predicted molar refractivity (Wildman–Crippen MR) is 391 cm³/mol. The summed E-state index contributed by atoms with van der Waals surface area (Å²) in [6.45, 7) is 87.8. The standard InChI is InChI=1S/C16H28O2.C15H30O2.C14H28O2.C13H26O2.C12H24O2.C10H20O2/c1-8-15(5,6)14(17)18-16(7,9-2)12-10-11-13(3)4;1-8-14(4,5)13(16)17-15(6,7)11-9-10-12(2)3;1-9-13(5,6)11(15)16-14(7,8)10-12(2,3)4;1-9-12(5,6)10(14)15-13(7,8)11(2,3)4;1-8-11(4,5)10(13)14-12(6,7)9(2)3;1-7-10(5,6)8(11)12-9(2,3)4/h9,11H,2,8,10,12H2,1,3-7H3;12H,8-11H2,1-7H3;9-10H2,1-8H3;9H2,1-8H3;9H,8H2,1-7H3;7H2,1-6H3. The SMILES string of the molecule is C=CC(C)(CCC=C(C)C)OC(=O)C(C)(C)CC.CCC(C)(C)C(=O)OC(C)(C)C.CCC(C)(C)C(=O)OC(C)(C)C(C)(C)C.CCC(C)(C)C(=O)OC(C)(C)C(C)C.CCC(C)(C)C(=O)OC(C)(C)CC(C)(C)C.CCC(C)(C)C(=O)OC(C)(C)CCCC(C)C. The molecular formula is C80H156O12. The second-order valence-electron chi connectivity index (χ2n) is 36.3. The Morgan fingerprint density at radius 3 is 0.946 bits per heavy atom. The highest BCUT2D eigenvalue weighted by atomic mass is 16.6. The topological polar surface area (TPSA) is 158 Å². The van der Waals surface area contributed by atoms with Crippen molar-refractivity contribution in [1.82, 2.24) is 0 Å². The van der Waals surface area contributed by atoms with Gasteiger partial charge in [-0.1, -0.05) is 135 Å². The van der Waals surface area contributed by atoms with Crippen molar-refractivity contribution in [1.29, 1.82) is 0 Å². The van der Waals surface area contributed by atoms with Crippen molar-refractivity contribution in [3.8, 4) is 0 Å². The van der Waals surface area contributed by atoms with Gasteiger partial charge in [0.1, 0.15) is 33.6 Å². The number of carbonyl (C=O) groups is 6. The lowest BCUT2D eigenvalue weighted by Gasteiger charge is -2.40. The molecule has 0 aliphatic rings. The Hall–Kier alpha value is -3.70. The molecule has 0 rings (SSSR count). The number of hydrogen-bond acceptors (Lipinski definition) is 12. The average molecular weight is 1310 g/mol. The average Bonchev–Trinajstić information content (AvgIpc) is 1.04. The maximum Gasteiger partial charge on any atom is 0.312 e. The Bertz CT molecular complexity index is 2200. The molecular weight excluding hydrogens is 1150 g/mol. The van der Waals surface area contributed by atoms with Gasteiger partial charge in [-0.3, -0.25) is 28.8 Å². The zero-order valence-corrected chi connectivity index (χ0v) is 68.9. The Labute approximate surface area is 571 Å². The van der Waals surface area contributed by atoms with Crippen LogP contribution in [0.2, 0.25) is 0 Å². The van der Waals surface area contributed by atoms with E-state index in [1.165, 1.54) is 12.0 Å². The van der Waals surface area contributed by atoms with Crippen LogP contribution in [0.4, 0.5) is 0 Å². The second-order valence-corrected chi connectivity index (χ2v) is 36.3. The van der Waals surface area contributed by atoms with E-state index in [9.17, 15) is 28.8 Å². The number of rotatable bonds is 27. The van der Waals surface area contributed by atoms with Crippen molar-refractivity contribution in [3.05, 3.63) is 24.3 Å². The van der Waals surface area contributed by atoms with Crippen molar-refractivity contribution < 1.29 is 57.2 Å². The number of allylic oxidation sites excluding steroid dienone is 2. The first kappa shape index (κ1) is 99.4. The van der Waals surface area contributed by atoms with E-state index in [1.807, 2.05) is 208 Å². The summed E-state index contributed by atoms with van der Waals surface area (Å²) in [5.41, 5.74) is -3.36. The van der Waals surface area contributed by atoms with E-state index in [0.29, 0.717) is 11.8 Å². The number of carbonyl (C=O) groups excluding carboxylic acids is 6. The Kier molecular flexibility index (Phi) is 43.3. The fourth-order valence-electron chi connectivity index (χ4n) is 6.57. The van der Waals surface area contributed by atoms with Crippen molar-refractivity contribution in [2.45, 2.75) is 401 Å². The molecule has 0 N–H and O–H groups in total. The van der Waals surface area contributed by atoms with Gasteiger partial charge in [0.15, 0.2) is 0 Å².